The van der Waals surface area contributed by atoms with Gasteiger partial charge in [0.2, 0.25) is 10.0 Å². The van der Waals surface area contributed by atoms with E-state index < -0.39 is 10.0 Å². The summed E-state index contributed by atoms with van der Waals surface area (Å²) in [5.41, 5.74) is 1.20. The van der Waals surface area contributed by atoms with Crippen LogP contribution < -0.4 is 14.9 Å². The molecule has 0 aromatic carbocycles. The number of sulfonamides is 1. The van der Waals surface area contributed by atoms with E-state index in [2.05, 4.69) is 19.9 Å². The lowest BCUT2D eigenvalue weighted by Gasteiger charge is -2.34. The Balaban J connectivity index is 1.72. The van der Waals surface area contributed by atoms with Crippen molar-refractivity contribution in [1.29, 1.82) is 0 Å². The summed E-state index contributed by atoms with van der Waals surface area (Å²) in [7, 11) is -1.66. The van der Waals surface area contributed by atoms with Crippen LogP contribution in [0.25, 0.3) is 0 Å². The maximum absolute atomic E-state index is 11.3. The third-order valence-corrected chi connectivity index (χ3v) is 5.00. The molecule has 1 fully saturated rings. The number of piperidine rings is 1. The first-order valence-electron chi connectivity index (χ1n) is 6.90. The van der Waals surface area contributed by atoms with Crippen molar-refractivity contribution in [3.05, 3.63) is 24.5 Å². The van der Waals surface area contributed by atoms with E-state index in [0.29, 0.717) is 12.6 Å². The highest BCUT2D eigenvalue weighted by Gasteiger charge is 2.19. The number of hydrogen-bond acceptors (Lipinski definition) is 5. The molecule has 20 heavy (non-hydrogen) atoms. The third-order valence-electron chi connectivity index (χ3n) is 3.64. The Morgan fingerprint density at radius 2 is 1.95 bits per heavy atom. The predicted molar refractivity (Wildman–Crippen MR) is 80.3 cm³/mol. The van der Waals surface area contributed by atoms with Gasteiger partial charge in [-0.15, -0.1) is 0 Å². The molecule has 1 saturated heterocycles. The fourth-order valence-electron chi connectivity index (χ4n) is 2.40. The Labute approximate surface area is 120 Å². The summed E-state index contributed by atoms with van der Waals surface area (Å²) in [4.78, 5) is 6.36. The zero-order valence-electron chi connectivity index (χ0n) is 11.7. The first-order chi connectivity index (χ1) is 9.61. The first-order valence-corrected chi connectivity index (χ1v) is 8.55. The number of aromatic nitrogens is 1. The van der Waals surface area contributed by atoms with E-state index in [0.717, 1.165) is 25.9 Å². The van der Waals surface area contributed by atoms with Crippen molar-refractivity contribution in [2.24, 2.45) is 0 Å². The first kappa shape index (κ1) is 15.2. The molecule has 0 unspecified atom stereocenters. The van der Waals surface area contributed by atoms with E-state index in [9.17, 15) is 8.42 Å². The molecule has 112 valence electrons. The van der Waals surface area contributed by atoms with Gasteiger partial charge in [0.15, 0.2) is 0 Å². The van der Waals surface area contributed by atoms with Gasteiger partial charge in [-0.2, -0.15) is 0 Å². The maximum Gasteiger partial charge on any atom is 0.212 e. The zero-order chi connectivity index (χ0) is 14.4. The maximum atomic E-state index is 11.3. The average Bonchev–Trinajstić information content (AvgIpc) is 2.49. The molecule has 0 spiro atoms. The van der Waals surface area contributed by atoms with Gasteiger partial charge in [0, 0.05) is 43.8 Å². The minimum absolute atomic E-state index is 0.133. The predicted octanol–water partition coefficient (Wildman–Crippen LogP) is 0.189. The Morgan fingerprint density at radius 1 is 1.30 bits per heavy atom. The summed E-state index contributed by atoms with van der Waals surface area (Å²) in [6.07, 6.45) is 5.68. The Kier molecular flexibility index (Phi) is 5.33. The molecular formula is C13H22N4O2S. The van der Waals surface area contributed by atoms with Crippen molar-refractivity contribution >= 4 is 15.7 Å². The van der Waals surface area contributed by atoms with Crippen molar-refractivity contribution in [2.75, 3.05) is 37.3 Å². The smallest absolute Gasteiger partial charge is 0.212 e. The molecule has 6 nitrogen and oxygen atoms in total. The second-order valence-corrected chi connectivity index (χ2v) is 6.99. The fourth-order valence-corrected chi connectivity index (χ4v) is 2.99. The molecule has 2 heterocycles. The second kappa shape index (κ2) is 7.01. The van der Waals surface area contributed by atoms with E-state index in [1.807, 2.05) is 24.5 Å². The standard InChI is InChI=1S/C13H22N4O2S/c1-14-20(18,19)11-8-16-12-4-9-17(10-5-12)13-2-6-15-7-3-13/h2-3,6-7,12,14,16H,4-5,8-11H2,1H3. The third kappa shape index (κ3) is 4.43. The summed E-state index contributed by atoms with van der Waals surface area (Å²) >= 11 is 0. The van der Waals surface area contributed by atoms with Gasteiger partial charge in [0.05, 0.1) is 5.75 Å². The van der Waals surface area contributed by atoms with Crippen molar-refractivity contribution < 1.29 is 8.42 Å². The average molecular weight is 298 g/mol. The van der Waals surface area contributed by atoms with Gasteiger partial charge in [-0.25, -0.2) is 13.1 Å². The molecule has 0 saturated carbocycles. The lowest BCUT2D eigenvalue weighted by Crippen LogP contribution is -2.44. The second-order valence-electron chi connectivity index (χ2n) is 4.94. The van der Waals surface area contributed by atoms with Crippen LogP contribution >= 0.6 is 0 Å². The SMILES string of the molecule is CNS(=O)(=O)CCNC1CCN(c2ccncc2)CC1. The van der Waals surface area contributed by atoms with Gasteiger partial charge in [-0.05, 0) is 32.0 Å². The van der Waals surface area contributed by atoms with Gasteiger partial charge in [-0.1, -0.05) is 0 Å². The quantitative estimate of drug-likeness (QED) is 0.784. The van der Waals surface area contributed by atoms with E-state index in [4.69, 9.17) is 0 Å². The number of hydrogen-bond donors (Lipinski definition) is 2. The van der Waals surface area contributed by atoms with Crippen LogP contribution in [-0.4, -0.2) is 51.9 Å². The van der Waals surface area contributed by atoms with Crippen LogP contribution in [0.4, 0.5) is 5.69 Å². The van der Waals surface area contributed by atoms with Crippen molar-refractivity contribution in [3.63, 3.8) is 0 Å². The van der Waals surface area contributed by atoms with E-state index in [-0.39, 0.29) is 5.75 Å². The van der Waals surface area contributed by atoms with Crippen LogP contribution in [0.15, 0.2) is 24.5 Å². The number of nitrogens with one attached hydrogen (secondary N) is 2. The van der Waals surface area contributed by atoms with Gasteiger partial charge in [0.25, 0.3) is 0 Å². The Bertz CT molecular complexity index is 498. The Hall–Kier alpha value is -1.18. The summed E-state index contributed by atoms with van der Waals surface area (Å²) in [6.45, 7) is 2.48. The molecule has 0 aliphatic carbocycles. The van der Waals surface area contributed by atoms with Crippen LogP contribution in [0.2, 0.25) is 0 Å². The monoisotopic (exact) mass is 298 g/mol. The minimum Gasteiger partial charge on any atom is -0.371 e. The number of pyridine rings is 1. The molecule has 0 amide bonds. The summed E-state index contributed by atoms with van der Waals surface area (Å²) in [5, 5.41) is 3.33. The van der Waals surface area contributed by atoms with E-state index in [1.54, 1.807) is 0 Å². The minimum atomic E-state index is -3.10. The zero-order valence-corrected chi connectivity index (χ0v) is 12.6. The molecule has 1 aliphatic rings. The molecule has 1 aromatic heterocycles. The van der Waals surface area contributed by atoms with Crippen molar-refractivity contribution in [2.45, 2.75) is 18.9 Å². The topological polar surface area (TPSA) is 74.3 Å². The number of nitrogens with zero attached hydrogens (tertiary/aromatic N) is 2. The molecule has 0 radical (unpaired) electrons. The van der Waals surface area contributed by atoms with Gasteiger partial charge >= 0.3 is 0 Å². The molecule has 2 N–H and O–H groups in total. The van der Waals surface area contributed by atoms with Crippen LogP contribution in [0.5, 0.6) is 0 Å². The van der Waals surface area contributed by atoms with Gasteiger partial charge in [0.1, 0.15) is 0 Å². The number of anilines is 1. The molecule has 0 bridgehead atoms. The highest BCUT2D eigenvalue weighted by atomic mass is 32.2. The molecule has 2 rings (SSSR count). The highest BCUT2D eigenvalue weighted by molar-refractivity contribution is 7.89. The van der Waals surface area contributed by atoms with Crippen LogP contribution in [0, 0.1) is 0 Å². The molecule has 1 aliphatic heterocycles. The van der Waals surface area contributed by atoms with Crippen molar-refractivity contribution in [1.82, 2.24) is 15.0 Å². The largest absolute Gasteiger partial charge is 0.371 e. The van der Waals surface area contributed by atoms with E-state index in [1.165, 1.54) is 12.7 Å². The van der Waals surface area contributed by atoms with Gasteiger partial charge in [-0.3, -0.25) is 4.98 Å². The van der Waals surface area contributed by atoms with Crippen LogP contribution in [0.3, 0.4) is 0 Å². The van der Waals surface area contributed by atoms with Crippen LogP contribution in [-0.2, 0) is 10.0 Å². The molecule has 0 atom stereocenters. The number of rotatable bonds is 6. The highest BCUT2D eigenvalue weighted by Crippen LogP contribution is 2.18. The summed E-state index contributed by atoms with van der Waals surface area (Å²) in [6, 6.07) is 4.45. The normalized spacial score (nSPS) is 17.4. The lowest BCUT2D eigenvalue weighted by atomic mass is 10.0. The van der Waals surface area contributed by atoms with Gasteiger partial charge < -0.3 is 10.2 Å². The summed E-state index contributed by atoms with van der Waals surface area (Å²) < 4.78 is 25.0. The Morgan fingerprint density at radius 3 is 2.55 bits per heavy atom. The lowest BCUT2D eigenvalue weighted by molar-refractivity contribution is 0.423. The molecular weight excluding hydrogens is 276 g/mol. The molecule has 1 aromatic rings. The molecule has 7 heteroatoms. The van der Waals surface area contributed by atoms with Crippen molar-refractivity contribution in [3.8, 4) is 0 Å². The fraction of sp³-hybridized carbons (Fsp3) is 0.615. The van der Waals surface area contributed by atoms with E-state index >= 15 is 0 Å². The summed E-state index contributed by atoms with van der Waals surface area (Å²) in [5.74, 6) is 0.133. The van der Waals surface area contributed by atoms with Crippen LogP contribution in [0.1, 0.15) is 12.8 Å².